The Morgan fingerprint density at radius 3 is 2.70 bits per heavy atom. The van der Waals surface area contributed by atoms with Gasteiger partial charge < -0.3 is 19.9 Å². The summed E-state index contributed by atoms with van der Waals surface area (Å²) in [5.41, 5.74) is 0.628. The zero-order valence-electron chi connectivity index (χ0n) is 11.0. The third-order valence-corrected chi connectivity index (χ3v) is 2.89. The molecule has 0 spiro atoms. The number of carboxylic acids is 1. The number of hydrogen-bond donors (Lipinski definition) is 2. The minimum Gasteiger partial charge on any atom is -0.493 e. The van der Waals surface area contributed by atoms with Gasteiger partial charge in [-0.25, -0.2) is 4.79 Å². The minimum absolute atomic E-state index is 0.143. The second-order valence-electron chi connectivity index (χ2n) is 3.67. The van der Waals surface area contributed by atoms with Crippen LogP contribution in [0, 0.1) is 0 Å². The standard InChI is InChI=1S/C13H14BrNO5/c1-15-11(16)7-20-13-9(14)5-8(3-4-12(17)18)6-10(13)19-2/h3-6H,7H2,1-2H3,(H,15,16)(H,17,18)/b4-3+. The lowest BCUT2D eigenvalue weighted by Crippen LogP contribution is -2.25. The summed E-state index contributed by atoms with van der Waals surface area (Å²) in [4.78, 5) is 21.7. The highest BCUT2D eigenvalue weighted by molar-refractivity contribution is 9.10. The zero-order chi connectivity index (χ0) is 15.1. The van der Waals surface area contributed by atoms with Gasteiger partial charge in [-0.1, -0.05) is 0 Å². The molecule has 0 radical (unpaired) electrons. The first-order chi connectivity index (χ1) is 9.47. The summed E-state index contributed by atoms with van der Waals surface area (Å²) >= 11 is 3.30. The van der Waals surface area contributed by atoms with Crippen LogP contribution in [0.1, 0.15) is 5.56 Å². The van der Waals surface area contributed by atoms with Gasteiger partial charge in [-0.15, -0.1) is 0 Å². The van der Waals surface area contributed by atoms with Crippen molar-refractivity contribution >= 4 is 33.9 Å². The van der Waals surface area contributed by atoms with Gasteiger partial charge in [0.2, 0.25) is 0 Å². The Morgan fingerprint density at radius 2 is 2.15 bits per heavy atom. The maximum absolute atomic E-state index is 11.2. The quantitative estimate of drug-likeness (QED) is 0.767. The highest BCUT2D eigenvalue weighted by Crippen LogP contribution is 2.36. The summed E-state index contributed by atoms with van der Waals surface area (Å²) in [6, 6.07) is 3.28. The van der Waals surface area contributed by atoms with Crippen molar-refractivity contribution < 1.29 is 24.2 Å². The van der Waals surface area contributed by atoms with E-state index >= 15 is 0 Å². The first-order valence-corrected chi connectivity index (χ1v) is 6.39. The van der Waals surface area contributed by atoms with Gasteiger partial charge >= 0.3 is 5.97 Å². The molecular weight excluding hydrogens is 330 g/mol. The van der Waals surface area contributed by atoms with Crippen molar-refractivity contribution in [2.24, 2.45) is 0 Å². The zero-order valence-corrected chi connectivity index (χ0v) is 12.6. The van der Waals surface area contributed by atoms with E-state index in [0.717, 1.165) is 6.08 Å². The Hall–Kier alpha value is -2.02. The summed E-state index contributed by atoms with van der Waals surface area (Å²) in [6.45, 7) is -0.143. The van der Waals surface area contributed by atoms with Crippen molar-refractivity contribution in [1.82, 2.24) is 5.32 Å². The first-order valence-electron chi connectivity index (χ1n) is 5.59. The highest BCUT2D eigenvalue weighted by Gasteiger charge is 2.12. The van der Waals surface area contributed by atoms with Crippen LogP contribution in [-0.2, 0) is 9.59 Å². The molecule has 0 unspecified atom stereocenters. The van der Waals surface area contributed by atoms with Crippen molar-refractivity contribution in [2.45, 2.75) is 0 Å². The number of carbonyl (C=O) groups excluding carboxylic acids is 1. The Balaban J connectivity index is 3.01. The Labute approximate surface area is 124 Å². The van der Waals surface area contributed by atoms with E-state index in [-0.39, 0.29) is 12.5 Å². The van der Waals surface area contributed by atoms with E-state index in [4.69, 9.17) is 14.6 Å². The lowest BCUT2D eigenvalue weighted by molar-refractivity contribution is -0.131. The maximum atomic E-state index is 11.2. The lowest BCUT2D eigenvalue weighted by atomic mass is 10.2. The normalized spacial score (nSPS) is 10.3. The fourth-order valence-electron chi connectivity index (χ4n) is 1.35. The fourth-order valence-corrected chi connectivity index (χ4v) is 1.93. The van der Waals surface area contributed by atoms with Crippen LogP contribution in [0.2, 0.25) is 0 Å². The molecule has 1 rings (SSSR count). The number of methoxy groups -OCH3 is 1. The van der Waals surface area contributed by atoms with Crippen LogP contribution in [0.5, 0.6) is 11.5 Å². The van der Waals surface area contributed by atoms with Crippen molar-refractivity contribution in [3.05, 3.63) is 28.2 Å². The van der Waals surface area contributed by atoms with Crippen molar-refractivity contribution in [2.75, 3.05) is 20.8 Å². The van der Waals surface area contributed by atoms with E-state index in [9.17, 15) is 9.59 Å². The number of aliphatic carboxylic acids is 1. The van der Waals surface area contributed by atoms with Crippen LogP contribution < -0.4 is 14.8 Å². The number of hydrogen-bond acceptors (Lipinski definition) is 4. The van der Waals surface area contributed by atoms with E-state index in [0.29, 0.717) is 21.5 Å². The summed E-state index contributed by atoms with van der Waals surface area (Å²) in [5.74, 6) is -0.536. The number of carboxylic acid groups (broad SMARTS) is 1. The number of rotatable bonds is 6. The number of likely N-dealkylation sites (N-methyl/N-ethyl adjacent to an activating group) is 1. The second-order valence-corrected chi connectivity index (χ2v) is 4.52. The van der Waals surface area contributed by atoms with Gasteiger partial charge in [0.1, 0.15) is 0 Å². The molecule has 20 heavy (non-hydrogen) atoms. The molecule has 1 amide bonds. The molecule has 0 aromatic heterocycles. The van der Waals surface area contributed by atoms with E-state index in [1.807, 2.05) is 0 Å². The van der Waals surface area contributed by atoms with Crippen LogP contribution in [0.3, 0.4) is 0 Å². The van der Waals surface area contributed by atoms with Crippen LogP contribution in [0.4, 0.5) is 0 Å². The van der Waals surface area contributed by atoms with E-state index < -0.39 is 5.97 Å². The molecule has 0 aliphatic carbocycles. The lowest BCUT2D eigenvalue weighted by Gasteiger charge is -2.13. The van der Waals surface area contributed by atoms with Crippen LogP contribution in [0.15, 0.2) is 22.7 Å². The third kappa shape index (κ3) is 4.58. The summed E-state index contributed by atoms with van der Waals surface area (Å²) in [5, 5.41) is 11.0. The molecule has 1 aromatic rings. The molecule has 0 saturated carbocycles. The topological polar surface area (TPSA) is 84.9 Å². The summed E-state index contributed by atoms with van der Waals surface area (Å²) in [7, 11) is 2.97. The molecule has 0 aliphatic rings. The monoisotopic (exact) mass is 343 g/mol. The minimum atomic E-state index is -1.04. The predicted molar refractivity (Wildman–Crippen MR) is 76.9 cm³/mol. The van der Waals surface area contributed by atoms with Gasteiger partial charge in [-0.05, 0) is 39.7 Å². The Kier molecular flexibility index (Phi) is 6.05. The van der Waals surface area contributed by atoms with Gasteiger partial charge in [-0.3, -0.25) is 4.79 Å². The molecule has 6 nitrogen and oxygen atoms in total. The van der Waals surface area contributed by atoms with Crippen molar-refractivity contribution in [3.63, 3.8) is 0 Å². The van der Waals surface area contributed by atoms with Crippen LogP contribution in [-0.4, -0.2) is 37.7 Å². The van der Waals surface area contributed by atoms with Gasteiger partial charge in [0, 0.05) is 13.1 Å². The Morgan fingerprint density at radius 1 is 1.45 bits per heavy atom. The van der Waals surface area contributed by atoms with Crippen molar-refractivity contribution in [3.8, 4) is 11.5 Å². The number of amides is 1. The molecule has 0 bridgehead atoms. The van der Waals surface area contributed by atoms with Gasteiger partial charge in [-0.2, -0.15) is 0 Å². The van der Waals surface area contributed by atoms with E-state index in [1.165, 1.54) is 20.2 Å². The van der Waals surface area contributed by atoms with Crippen LogP contribution in [0.25, 0.3) is 6.08 Å². The van der Waals surface area contributed by atoms with Crippen molar-refractivity contribution in [1.29, 1.82) is 0 Å². The molecule has 0 aliphatic heterocycles. The average molecular weight is 344 g/mol. The van der Waals surface area contributed by atoms with E-state index in [2.05, 4.69) is 21.2 Å². The Bertz CT molecular complexity index is 542. The number of nitrogens with one attached hydrogen (secondary N) is 1. The van der Waals surface area contributed by atoms with Gasteiger partial charge in [0.25, 0.3) is 5.91 Å². The summed E-state index contributed by atoms with van der Waals surface area (Å²) < 4.78 is 11.1. The number of carbonyl (C=O) groups is 2. The van der Waals surface area contributed by atoms with Gasteiger partial charge in [0.05, 0.1) is 11.6 Å². The predicted octanol–water partition coefficient (Wildman–Crippen LogP) is 1.68. The van der Waals surface area contributed by atoms with E-state index in [1.54, 1.807) is 12.1 Å². The summed E-state index contributed by atoms with van der Waals surface area (Å²) in [6.07, 6.45) is 2.45. The smallest absolute Gasteiger partial charge is 0.328 e. The fraction of sp³-hybridized carbons (Fsp3) is 0.231. The average Bonchev–Trinajstić information content (AvgIpc) is 2.42. The third-order valence-electron chi connectivity index (χ3n) is 2.30. The molecule has 0 saturated heterocycles. The molecule has 0 fully saturated rings. The maximum Gasteiger partial charge on any atom is 0.328 e. The second kappa shape index (κ2) is 7.54. The SMILES string of the molecule is CNC(=O)COc1c(Br)cc(/C=C/C(=O)O)cc1OC. The first kappa shape index (κ1) is 16.0. The molecular formula is C13H14BrNO5. The number of ether oxygens (including phenoxy) is 2. The molecule has 0 heterocycles. The highest BCUT2D eigenvalue weighted by atomic mass is 79.9. The molecule has 2 N–H and O–H groups in total. The van der Waals surface area contributed by atoms with Crippen LogP contribution >= 0.6 is 15.9 Å². The molecule has 7 heteroatoms. The molecule has 108 valence electrons. The molecule has 0 atom stereocenters. The largest absolute Gasteiger partial charge is 0.493 e. The molecule has 1 aromatic carbocycles. The number of halogens is 1. The number of benzene rings is 1. The van der Waals surface area contributed by atoms with Gasteiger partial charge in [0.15, 0.2) is 18.1 Å².